The van der Waals surface area contributed by atoms with E-state index < -0.39 is 11.7 Å². The van der Waals surface area contributed by atoms with Crippen LogP contribution in [0.1, 0.15) is 43.0 Å². The van der Waals surface area contributed by atoms with Crippen molar-refractivity contribution >= 4 is 11.8 Å². The Morgan fingerprint density at radius 1 is 1.28 bits per heavy atom. The molecule has 1 unspecified atom stereocenters. The number of carbonyl (C=O) groups is 2. The highest BCUT2D eigenvalue weighted by atomic mass is 16.5. The Labute approximate surface area is 170 Å². The number of aryl methyl sites for hydroxylation is 1. The van der Waals surface area contributed by atoms with Gasteiger partial charge in [-0.25, -0.2) is 9.97 Å². The average molecular weight is 400 g/mol. The fourth-order valence-electron chi connectivity index (χ4n) is 4.40. The number of likely N-dealkylation sites (N-methyl/N-ethyl adjacent to an activating group) is 1. The molecule has 2 aliphatic rings. The normalized spacial score (nSPS) is 20.5. The number of fused-ring (bicyclic) bond motifs is 2. The molecular weight excluding hydrogens is 372 g/mol. The molecule has 0 bridgehead atoms. The van der Waals surface area contributed by atoms with Crippen LogP contribution >= 0.6 is 0 Å². The molecule has 1 saturated heterocycles. The number of aromatic nitrogens is 4. The van der Waals surface area contributed by atoms with Crippen LogP contribution in [-0.2, 0) is 28.7 Å². The van der Waals surface area contributed by atoms with Crippen molar-refractivity contribution in [1.82, 2.24) is 28.9 Å². The van der Waals surface area contributed by atoms with Crippen molar-refractivity contribution in [3.63, 3.8) is 0 Å². The maximum absolute atomic E-state index is 13.0. The number of hydrogen-bond donors (Lipinski definition) is 0. The van der Waals surface area contributed by atoms with Crippen LogP contribution in [0.3, 0.4) is 0 Å². The number of rotatable bonds is 4. The summed E-state index contributed by atoms with van der Waals surface area (Å²) in [6, 6.07) is 0. The van der Waals surface area contributed by atoms with Crippen LogP contribution in [-0.4, -0.2) is 73.0 Å². The van der Waals surface area contributed by atoms with Crippen LogP contribution in [0, 0.1) is 0 Å². The molecule has 0 N–H and O–H groups in total. The van der Waals surface area contributed by atoms with Gasteiger partial charge in [0.15, 0.2) is 6.10 Å². The van der Waals surface area contributed by atoms with E-state index in [2.05, 4.69) is 9.97 Å². The van der Waals surface area contributed by atoms with Gasteiger partial charge in [0, 0.05) is 58.5 Å². The molecule has 1 atom stereocenters. The maximum Gasteiger partial charge on any atom is 0.272 e. The van der Waals surface area contributed by atoms with Gasteiger partial charge in [0.2, 0.25) is 0 Å². The van der Waals surface area contributed by atoms with Crippen molar-refractivity contribution in [3.05, 3.63) is 36.4 Å². The van der Waals surface area contributed by atoms with Gasteiger partial charge >= 0.3 is 0 Å². The molecule has 9 nitrogen and oxygen atoms in total. The highest BCUT2D eigenvalue weighted by molar-refractivity contribution is 5.92. The lowest BCUT2D eigenvalue weighted by molar-refractivity contribution is -0.179. The molecule has 0 aromatic carbocycles. The first-order valence-electron chi connectivity index (χ1n) is 10.2. The summed E-state index contributed by atoms with van der Waals surface area (Å²) in [5, 5.41) is 0. The quantitative estimate of drug-likeness (QED) is 0.765. The number of carbonyl (C=O) groups excluding carboxylic acids is 2. The van der Waals surface area contributed by atoms with Crippen LogP contribution in [0.4, 0.5) is 0 Å². The molecule has 2 amide bonds. The number of amides is 2. The molecule has 0 saturated carbocycles. The smallest absolute Gasteiger partial charge is 0.272 e. The number of ether oxygens (including phenoxy) is 1. The first-order valence-corrected chi connectivity index (χ1v) is 10.2. The molecule has 2 aromatic rings. The monoisotopic (exact) mass is 400 g/mol. The van der Waals surface area contributed by atoms with Crippen molar-refractivity contribution < 1.29 is 14.3 Å². The minimum Gasteiger partial charge on any atom is -0.352 e. The second kappa shape index (κ2) is 7.62. The predicted octanol–water partition coefficient (Wildman–Crippen LogP) is 1.02. The largest absolute Gasteiger partial charge is 0.352 e. The molecule has 156 valence electrons. The van der Waals surface area contributed by atoms with E-state index in [1.54, 1.807) is 28.2 Å². The maximum atomic E-state index is 13.0. The highest BCUT2D eigenvalue weighted by Gasteiger charge is 2.48. The molecule has 4 heterocycles. The lowest BCUT2D eigenvalue weighted by Crippen LogP contribution is -2.55. The lowest BCUT2D eigenvalue weighted by Gasteiger charge is -2.46. The molecule has 1 spiro atoms. The molecule has 2 aromatic heterocycles. The van der Waals surface area contributed by atoms with E-state index in [1.807, 2.05) is 36.6 Å². The lowest BCUT2D eigenvalue weighted by atomic mass is 9.88. The Morgan fingerprint density at radius 3 is 2.62 bits per heavy atom. The van der Waals surface area contributed by atoms with Crippen molar-refractivity contribution in [3.8, 4) is 0 Å². The first kappa shape index (κ1) is 19.6. The van der Waals surface area contributed by atoms with Gasteiger partial charge in [-0.1, -0.05) is 0 Å². The summed E-state index contributed by atoms with van der Waals surface area (Å²) in [4.78, 5) is 38.0. The molecule has 2 aliphatic heterocycles. The van der Waals surface area contributed by atoms with E-state index >= 15 is 0 Å². The van der Waals surface area contributed by atoms with Crippen molar-refractivity contribution in [2.75, 3.05) is 26.2 Å². The Kier molecular flexibility index (Phi) is 5.16. The zero-order valence-electron chi connectivity index (χ0n) is 17.2. The average Bonchev–Trinajstić information content (AvgIpc) is 3.38. The van der Waals surface area contributed by atoms with Crippen molar-refractivity contribution in [2.45, 2.75) is 44.9 Å². The van der Waals surface area contributed by atoms with Crippen LogP contribution < -0.4 is 0 Å². The SMILES string of the molecule is CCN(CC)C(=O)C1Cn2ccnc2C2(CCN(C(=O)c3cncn3C)CC2)O1. The summed E-state index contributed by atoms with van der Waals surface area (Å²) in [6.45, 7) is 6.84. The van der Waals surface area contributed by atoms with E-state index in [-0.39, 0.29) is 11.8 Å². The number of imidazole rings is 2. The summed E-state index contributed by atoms with van der Waals surface area (Å²) in [6.07, 6.45) is 7.58. The zero-order valence-corrected chi connectivity index (χ0v) is 17.2. The fraction of sp³-hybridized carbons (Fsp3) is 0.600. The highest BCUT2D eigenvalue weighted by Crippen LogP contribution is 2.40. The minimum absolute atomic E-state index is 0.0158. The summed E-state index contributed by atoms with van der Waals surface area (Å²) in [5.41, 5.74) is -0.0695. The van der Waals surface area contributed by atoms with Gasteiger partial charge in [-0.3, -0.25) is 9.59 Å². The third-order valence-corrected chi connectivity index (χ3v) is 6.10. The second-order valence-electron chi connectivity index (χ2n) is 7.70. The summed E-state index contributed by atoms with van der Waals surface area (Å²) in [7, 11) is 1.82. The van der Waals surface area contributed by atoms with Gasteiger partial charge < -0.3 is 23.7 Å². The fourth-order valence-corrected chi connectivity index (χ4v) is 4.40. The van der Waals surface area contributed by atoms with Crippen LogP contribution in [0.15, 0.2) is 24.9 Å². The topological polar surface area (TPSA) is 85.5 Å². The molecule has 9 heteroatoms. The van der Waals surface area contributed by atoms with Gasteiger partial charge in [-0.2, -0.15) is 0 Å². The summed E-state index contributed by atoms with van der Waals surface area (Å²) >= 11 is 0. The Morgan fingerprint density at radius 2 is 2.00 bits per heavy atom. The van der Waals surface area contributed by atoms with Gasteiger partial charge in [-0.05, 0) is 13.8 Å². The number of likely N-dealkylation sites (tertiary alicyclic amines) is 1. The van der Waals surface area contributed by atoms with Gasteiger partial charge in [0.25, 0.3) is 11.8 Å². The molecule has 29 heavy (non-hydrogen) atoms. The van der Waals surface area contributed by atoms with E-state index in [0.717, 1.165) is 5.82 Å². The van der Waals surface area contributed by atoms with Gasteiger partial charge in [0.1, 0.15) is 17.1 Å². The zero-order chi connectivity index (χ0) is 20.6. The van der Waals surface area contributed by atoms with Crippen LogP contribution in [0.5, 0.6) is 0 Å². The minimum atomic E-state index is -0.640. The van der Waals surface area contributed by atoms with E-state index in [4.69, 9.17) is 4.74 Å². The Bertz CT molecular complexity index is 892. The summed E-state index contributed by atoms with van der Waals surface area (Å²) in [5.74, 6) is 0.839. The van der Waals surface area contributed by atoms with Crippen LogP contribution in [0.2, 0.25) is 0 Å². The van der Waals surface area contributed by atoms with Gasteiger partial charge in [-0.15, -0.1) is 0 Å². The Hall–Kier alpha value is -2.68. The molecule has 4 rings (SSSR count). The van der Waals surface area contributed by atoms with Crippen LogP contribution in [0.25, 0.3) is 0 Å². The number of piperidine rings is 1. The standard InChI is InChI=1S/C20H28N6O3/c1-4-24(5-2)18(28)16-13-26-11-8-22-19(26)20(29-16)6-9-25(10-7-20)17(27)15-12-21-14-23(15)3/h8,11-12,14,16H,4-7,9-10,13H2,1-3H3. The first-order chi connectivity index (χ1) is 14.0. The second-order valence-corrected chi connectivity index (χ2v) is 7.70. The Balaban J connectivity index is 1.54. The molecule has 1 fully saturated rings. The molecular formula is C20H28N6O3. The van der Waals surface area contributed by atoms with E-state index in [0.29, 0.717) is 51.3 Å². The van der Waals surface area contributed by atoms with Crippen molar-refractivity contribution in [2.24, 2.45) is 7.05 Å². The van der Waals surface area contributed by atoms with E-state index in [1.165, 1.54) is 0 Å². The van der Waals surface area contributed by atoms with Gasteiger partial charge in [0.05, 0.1) is 19.1 Å². The van der Waals surface area contributed by atoms with E-state index in [9.17, 15) is 9.59 Å². The molecule has 0 aliphatic carbocycles. The number of hydrogen-bond acceptors (Lipinski definition) is 5. The third kappa shape index (κ3) is 3.33. The predicted molar refractivity (Wildman–Crippen MR) is 105 cm³/mol. The van der Waals surface area contributed by atoms with Crippen molar-refractivity contribution in [1.29, 1.82) is 0 Å². The third-order valence-electron chi connectivity index (χ3n) is 6.10. The summed E-state index contributed by atoms with van der Waals surface area (Å²) < 4.78 is 10.2. The number of nitrogens with zero attached hydrogens (tertiary/aromatic N) is 6. The molecule has 0 radical (unpaired) electrons.